The first kappa shape index (κ1) is 13.6. The second-order valence-corrected chi connectivity index (χ2v) is 6.19. The molecule has 0 aromatic heterocycles. The first-order valence-corrected chi connectivity index (χ1v) is 7.82. The lowest BCUT2D eigenvalue weighted by atomic mass is 9.75. The van der Waals surface area contributed by atoms with Gasteiger partial charge in [0.05, 0.1) is 5.41 Å². The Morgan fingerprint density at radius 2 is 2.10 bits per heavy atom. The van der Waals surface area contributed by atoms with Crippen LogP contribution in [0.4, 0.5) is 0 Å². The van der Waals surface area contributed by atoms with Crippen LogP contribution in [0.25, 0.3) is 0 Å². The molecule has 1 unspecified atom stereocenters. The van der Waals surface area contributed by atoms with E-state index in [1.807, 2.05) is 0 Å². The standard InChI is InChI=1S/C17H24N2O/c1-2-17(7-9-18-10-8-17)16(20)19-12-14-11-13-5-3-4-6-15(13)14/h3-6,14,18H,2,7-12H2,1H3,(H,19,20). The van der Waals surface area contributed by atoms with E-state index in [9.17, 15) is 4.79 Å². The SMILES string of the molecule is CCC1(C(=O)NCC2Cc3ccccc32)CCNCC1. The summed E-state index contributed by atoms with van der Waals surface area (Å²) in [4.78, 5) is 12.6. The average molecular weight is 272 g/mol. The van der Waals surface area contributed by atoms with Crippen LogP contribution in [0.2, 0.25) is 0 Å². The molecule has 3 nitrogen and oxygen atoms in total. The number of piperidine rings is 1. The number of carbonyl (C=O) groups is 1. The van der Waals surface area contributed by atoms with E-state index in [1.165, 1.54) is 11.1 Å². The van der Waals surface area contributed by atoms with Crippen molar-refractivity contribution in [1.29, 1.82) is 0 Å². The van der Waals surface area contributed by atoms with Crippen LogP contribution in [0, 0.1) is 5.41 Å². The molecule has 0 radical (unpaired) electrons. The number of fused-ring (bicyclic) bond motifs is 1. The monoisotopic (exact) mass is 272 g/mol. The van der Waals surface area contributed by atoms with Gasteiger partial charge in [-0.1, -0.05) is 31.2 Å². The smallest absolute Gasteiger partial charge is 0.226 e. The van der Waals surface area contributed by atoms with Gasteiger partial charge in [0.1, 0.15) is 0 Å². The van der Waals surface area contributed by atoms with Crippen LogP contribution < -0.4 is 10.6 Å². The van der Waals surface area contributed by atoms with Crippen molar-refractivity contribution in [2.24, 2.45) is 5.41 Å². The van der Waals surface area contributed by atoms with E-state index < -0.39 is 0 Å². The number of carbonyl (C=O) groups excluding carboxylic acids is 1. The maximum absolute atomic E-state index is 12.6. The predicted molar refractivity (Wildman–Crippen MR) is 80.7 cm³/mol. The van der Waals surface area contributed by atoms with Crippen LogP contribution in [0.5, 0.6) is 0 Å². The molecule has 1 saturated heterocycles. The molecule has 0 bridgehead atoms. The molecule has 1 aromatic carbocycles. The Kier molecular flexibility index (Phi) is 3.79. The van der Waals surface area contributed by atoms with Crippen LogP contribution in [0.1, 0.15) is 43.2 Å². The van der Waals surface area contributed by atoms with Crippen LogP contribution in [0.3, 0.4) is 0 Å². The lowest BCUT2D eigenvalue weighted by molar-refractivity contribution is -0.132. The van der Waals surface area contributed by atoms with E-state index in [0.29, 0.717) is 5.92 Å². The van der Waals surface area contributed by atoms with Gasteiger partial charge >= 0.3 is 0 Å². The zero-order valence-electron chi connectivity index (χ0n) is 12.2. The van der Waals surface area contributed by atoms with Crippen molar-refractivity contribution in [3.63, 3.8) is 0 Å². The summed E-state index contributed by atoms with van der Waals surface area (Å²) < 4.78 is 0. The number of hydrogen-bond donors (Lipinski definition) is 2. The highest BCUT2D eigenvalue weighted by Crippen LogP contribution is 2.36. The third kappa shape index (κ3) is 2.35. The van der Waals surface area contributed by atoms with Crippen molar-refractivity contribution in [1.82, 2.24) is 10.6 Å². The normalized spacial score (nSPS) is 23.6. The Morgan fingerprint density at radius 3 is 2.80 bits per heavy atom. The van der Waals surface area contributed by atoms with Crippen molar-refractivity contribution in [3.05, 3.63) is 35.4 Å². The summed E-state index contributed by atoms with van der Waals surface area (Å²) in [6, 6.07) is 8.56. The number of hydrogen-bond acceptors (Lipinski definition) is 2. The Hall–Kier alpha value is -1.35. The molecule has 2 N–H and O–H groups in total. The Labute approximate surface area is 121 Å². The van der Waals surface area contributed by atoms with E-state index in [1.54, 1.807) is 0 Å². The van der Waals surface area contributed by atoms with Gasteiger partial charge in [0, 0.05) is 12.5 Å². The maximum Gasteiger partial charge on any atom is 0.226 e. The molecule has 1 heterocycles. The van der Waals surface area contributed by atoms with E-state index in [2.05, 4.69) is 41.8 Å². The third-order valence-electron chi connectivity index (χ3n) is 5.19. The molecule has 1 amide bonds. The molecule has 1 fully saturated rings. The summed E-state index contributed by atoms with van der Waals surface area (Å²) in [7, 11) is 0. The molecule has 1 aliphatic heterocycles. The number of nitrogens with one attached hydrogen (secondary N) is 2. The zero-order chi connectivity index (χ0) is 14.0. The molecule has 3 rings (SSSR count). The number of amides is 1. The molecule has 1 aromatic rings. The van der Waals surface area contributed by atoms with Crippen molar-refractivity contribution in [2.45, 2.75) is 38.5 Å². The van der Waals surface area contributed by atoms with Crippen molar-refractivity contribution in [3.8, 4) is 0 Å². The van der Waals surface area contributed by atoms with Gasteiger partial charge in [-0.2, -0.15) is 0 Å². The summed E-state index contributed by atoms with van der Waals surface area (Å²) in [6.07, 6.45) is 3.99. The topological polar surface area (TPSA) is 41.1 Å². The Morgan fingerprint density at radius 1 is 1.35 bits per heavy atom. The first-order valence-electron chi connectivity index (χ1n) is 7.82. The van der Waals surface area contributed by atoms with Crippen molar-refractivity contribution >= 4 is 5.91 Å². The van der Waals surface area contributed by atoms with Gasteiger partial charge in [-0.15, -0.1) is 0 Å². The van der Waals surface area contributed by atoms with E-state index in [-0.39, 0.29) is 11.3 Å². The van der Waals surface area contributed by atoms with Crippen LogP contribution in [0.15, 0.2) is 24.3 Å². The minimum absolute atomic E-state index is 0.130. The highest BCUT2D eigenvalue weighted by atomic mass is 16.2. The molecule has 0 spiro atoms. The highest BCUT2D eigenvalue weighted by Gasteiger charge is 2.38. The number of rotatable bonds is 4. The molecule has 1 aliphatic carbocycles. The highest BCUT2D eigenvalue weighted by molar-refractivity contribution is 5.82. The molecule has 3 heteroatoms. The Bertz CT molecular complexity index is 492. The summed E-state index contributed by atoms with van der Waals surface area (Å²) in [5, 5.41) is 6.57. The Balaban J connectivity index is 1.57. The van der Waals surface area contributed by atoms with Gasteiger partial charge in [-0.3, -0.25) is 4.79 Å². The maximum atomic E-state index is 12.6. The molecule has 108 valence electrons. The fourth-order valence-electron chi connectivity index (χ4n) is 3.59. The van der Waals surface area contributed by atoms with E-state index in [0.717, 1.165) is 45.3 Å². The van der Waals surface area contributed by atoms with Gasteiger partial charge in [-0.05, 0) is 49.9 Å². The van der Waals surface area contributed by atoms with Gasteiger partial charge in [0.2, 0.25) is 5.91 Å². The lowest BCUT2D eigenvalue weighted by Crippen LogP contribution is -2.48. The largest absolute Gasteiger partial charge is 0.355 e. The quantitative estimate of drug-likeness (QED) is 0.882. The molecule has 1 atom stereocenters. The average Bonchev–Trinajstić information content (AvgIpc) is 2.48. The molecular formula is C17H24N2O. The van der Waals surface area contributed by atoms with Gasteiger partial charge in [-0.25, -0.2) is 0 Å². The summed E-state index contributed by atoms with van der Waals surface area (Å²) >= 11 is 0. The van der Waals surface area contributed by atoms with Gasteiger partial charge in [0.15, 0.2) is 0 Å². The zero-order valence-corrected chi connectivity index (χ0v) is 12.2. The van der Waals surface area contributed by atoms with Crippen LogP contribution in [-0.2, 0) is 11.2 Å². The molecule has 20 heavy (non-hydrogen) atoms. The minimum Gasteiger partial charge on any atom is -0.355 e. The molecule has 2 aliphatic rings. The van der Waals surface area contributed by atoms with Crippen LogP contribution in [-0.4, -0.2) is 25.5 Å². The number of benzene rings is 1. The van der Waals surface area contributed by atoms with E-state index >= 15 is 0 Å². The van der Waals surface area contributed by atoms with Crippen molar-refractivity contribution < 1.29 is 4.79 Å². The third-order valence-corrected chi connectivity index (χ3v) is 5.19. The second kappa shape index (κ2) is 5.57. The first-order chi connectivity index (χ1) is 9.75. The summed E-state index contributed by atoms with van der Waals surface area (Å²) in [6.45, 7) is 4.87. The van der Waals surface area contributed by atoms with E-state index in [4.69, 9.17) is 0 Å². The fraction of sp³-hybridized carbons (Fsp3) is 0.588. The lowest BCUT2D eigenvalue weighted by Gasteiger charge is -2.37. The van der Waals surface area contributed by atoms with Gasteiger partial charge < -0.3 is 10.6 Å². The minimum atomic E-state index is -0.130. The fourth-order valence-corrected chi connectivity index (χ4v) is 3.59. The van der Waals surface area contributed by atoms with Crippen molar-refractivity contribution in [2.75, 3.05) is 19.6 Å². The molecule has 0 saturated carbocycles. The molecular weight excluding hydrogens is 248 g/mol. The second-order valence-electron chi connectivity index (χ2n) is 6.19. The van der Waals surface area contributed by atoms with Gasteiger partial charge in [0.25, 0.3) is 0 Å². The predicted octanol–water partition coefficient (Wildman–Crippen LogP) is 2.22. The van der Waals surface area contributed by atoms with Crippen LogP contribution >= 0.6 is 0 Å². The summed E-state index contributed by atoms with van der Waals surface area (Å²) in [5.41, 5.74) is 2.73. The summed E-state index contributed by atoms with van der Waals surface area (Å²) in [5.74, 6) is 0.789.